The van der Waals surface area contributed by atoms with Crippen LogP contribution in [0.5, 0.6) is 5.75 Å². The van der Waals surface area contributed by atoms with Crippen molar-refractivity contribution >= 4 is 27.3 Å². The van der Waals surface area contributed by atoms with Crippen molar-refractivity contribution in [2.24, 2.45) is 7.05 Å². The Labute approximate surface area is 254 Å². The van der Waals surface area contributed by atoms with Gasteiger partial charge in [0.15, 0.2) is 0 Å². The zero-order valence-electron chi connectivity index (χ0n) is 24.2. The molecule has 0 spiro atoms. The predicted octanol–water partition coefficient (Wildman–Crippen LogP) is 4.98. The average Bonchev–Trinajstić information content (AvgIpc) is 3.66. The third kappa shape index (κ3) is 5.07. The molecule has 1 amide bonds. The first kappa shape index (κ1) is 29.3. The summed E-state index contributed by atoms with van der Waals surface area (Å²) >= 11 is 1.34. The maximum Gasteiger partial charge on any atom is 0.267 e. The number of pyridine rings is 1. The maximum absolute atomic E-state index is 15.9. The Morgan fingerprint density at radius 3 is 2.73 bits per heavy atom. The van der Waals surface area contributed by atoms with Crippen LogP contribution in [0.1, 0.15) is 18.7 Å². The SMILES string of the molecule is C=CC(=O)N1CCn2nc(-c3nc(-c4cnn(C)c(=O)c4)c4ccsc4c3-c3c(F)cc(F)cc3OCCOC)cc2[C@H]1C. The van der Waals surface area contributed by atoms with E-state index < -0.39 is 11.6 Å². The highest BCUT2D eigenvalue weighted by molar-refractivity contribution is 7.18. The second-order valence-corrected chi connectivity index (χ2v) is 11.2. The summed E-state index contributed by atoms with van der Waals surface area (Å²) < 4.78 is 45.0. The molecule has 1 aromatic carbocycles. The highest BCUT2D eigenvalue weighted by atomic mass is 32.1. The number of halogens is 2. The number of methoxy groups -OCH3 is 1. The fourth-order valence-electron chi connectivity index (χ4n) is 5.44. The molecule has 0 bridgehead atoms. The first-order chi connectivity index (χ1) is 21.2. The normalized spacial score (nSPS) is 14.6. The number of carbonyl (C=O) groups is 1. The van der Waals surface area contributed by atoms with Gasteiger partial charge in [-0.3, -0.25) is 14.3 Å². The minimum absolute atomic E-state index is 0.0135. The van der Waals surface area contributed by atoms with E-state index in [0.717, 1.165) is 17.8 Å². The van der Waals surface area contributed by atoms with Crippen LogP contribution in [0.15, 0.2) is 59.4 Å². The molecule has 5 aromatic rings. The van der Waals surface area contributed by atoms with Crippen LogP contribution in [0.2, 0.25) is 0 Å². The summed E-state index contributed by atoms with van der Waals surface area (Å²) in [6, 6.07) is 6.71. The summed E-state index contributed by atoms with van der Waals surface area (Å²) in [5.74, 6) is -1.84. The van der Waals surface area contributed by atoms with Crippen molar-refractivity contribution in [2.75, 3.05) is 26.9 Å². The minimum atomic E-state index is -0.835. The highest BCUT2D eigenvalue weighted by Gasteiger charge is 2.31. The second-order valence-electron chi connectivity index (χ2n) is 10.2. The van der Waals surface area contributed by atoms with Crippen molar-refractivity contribution in [2.45, 2.75) is 19.5 Å². The topological polar surface area (TPSA) is 104 Å². The number of amides is 1. The average molecular weight is 619 g/mol. The number of aryl methyl sites for hydroxylation is 1. The molecule has 0 aliphatic carbocycles. The predicted molar refractivity (Wildman–Crippen MR) is 162 cm³/mol. The molecule has 6 rings (SSSR count). The van der Waals surface area contributed by atoms with Crippen LogP contribution in [0.3, 0.4) is 0 Å². The van der Waals surface area contributed by atoms with E-state index in [4.69, 9.17) is 19.6 Å². The molecular weight excluding hydrogens is 590 g/mol. The van der Waals surface area contributed by atoms with Crippen LogP contribution in [0.4, 0.5) is 8.78 Å². The molecule has 0 N–H and O–H groups in total. The lowest BCUT2D eigenvalue weighted by Crippen LogP contribution is -2.40. The number of hydrogen-bond donors (Lipinski definition) is 0. The van der Waals surface area contributed by atoms with Crippen molar-refractivity contribution < 1.29 is 23.0 Å². The molecule has 0 saturated carbocycles. The number of aromatic nitrogens is 5. The monoisotopic (exact) mass is 618 g/mol. The fraction of sp³-hybridized carbons (Fsp3) is 0.258. The first-order valence-corrected chi connectivity index (χ1v) is 14.7. The smallest absolute Gasteiger partial charge is 0.267 e. The standard InChI is InChI=1S/C31H28F2N6O4S/c1-5-25(40)38-7-8-39-23(17(38)2)15-22(36-39)30-28(27-21(33)13-19(32)14-24(27)43-10-9-42-4)31-20(6-11-44-31)29(35-30)18-12-26(41)37(3)34-16-18/h5-6,11-17H,1,7-10H2,2-4H3/t17-/m1/s1. The Bertz CT molecular complexity index is 1980. The van der Waals surface area contributed by atoms with Gasteiger partial charge >= 0.3 is 0 Å². The van der Waals surface area contributed by atoms with Crippen LogP contribution in [0.25, 0.3) is 43.9 Å². The number of thiophene rings is 1. The van der Waals surface area contributed by atoms with E-state index in [1.54, 1.807) is 22.8 Å². The summed E-state index contributed by atoms with van der Waals surface area (Å²) in [6.07, 6.45) is 2.82. The Morgan fingerprint density at radius 1 is 1.16 bits per heavy atom. The van der Waals surface area contributed by atoms with Crippen LogP contribution in [-0.2, 0) is 23.1 Å². The number of nitrogens with zero attached hydrogens (tertiary/aromatic N) is 6. The number of rotatable bonds is 8. The van der Waals surface area contributed by atoms with Gasteiger partial charge in [0.05, 0.1) is 42.3 Å². The Hall–Kier alpha value is -4.75. The molecule has 0 radical (unpaired) electrons. The summed E-state index contributed by atoms with van der Waals surface area (Å²) in [5.41, 5.74) is 2.46. The van der Waals surface area contributed by atoms with Crippen molar-refractivity contribution in [1.82, 2.24) is 29.4 Å². The summed E-state index contributed by atoms with van der Waals surface area (Å²) in [4.78, 5) is 31.8. The van der Waals surface area contributed by atoms with E-state index in [1.165, 1.54) is 35.3 Å². The number of hydrogen-bond acceptors (Lipinski definition) is 8. The number of benzene rings is 1. The lowest BCUT2D eigenvalue weighted by Gasteiger charge is -2.33. The van der Waals surface area contributed by atoms with Crippen LogP contribution >= 0.6 is 11.3 Å². The van der Waals surface area contributed by atoms with Gasteiger partial charge < -0.3 is 14.4 Å². The van der Waals surface area contributed by atoms with Crippen molar-refractivity contribution in [3.8, 4) is 39.5 Å². The summed E-state index contributed by atoms with van der Waals surface area (Å²) in [5, 5.41) is 11.5. The van der Waals surface area contributed by atoms with Crippen molar-refractivity contribution in [1.29, 1.82) is 0 Å². The van der Waals surface area contributed by atoms with Crippen LogP contribution in [0, 0.1) is 11.6 Å². The third-order valence-corrected chi connectivity index (χ3v) is 8.55. The molecule has 13 heteroatoms. The van der Waals surface area contributed by atoms with Crippen LogP contribution in [-0.4, -0.2) is 62.2 Å². The van der Waals surface area contributed by atoms with Gasteiger partial charge in [-0.15, -0.1) is 11.3 Å². The van der Waals surface area contributed by atoms with Crippen LogP contribution < -0.4 is 10.3 Å². The molecule has 0 saturated heterocycles. The molecule has 44 heavy (non-hydrogen) atoms. The van der Waals surface area contributed by atoms with E-state index >= 15 is 4.39 Å². The third-order valence-electron chi connectivity index (χ3n) is 7.62. The lowest BCUT2D eigenvalue weighted by atomic mass is 9.96. The quantitative estimate of drug-likeness (QED) is 0.179. The van der Waals surface area contributed by atoms with E-state index in [9.17, 15) is 14.0 Å². The molecule has 0 unspecified atom stereocenters. The molecular formula is C31H28F2N6O4S. The largest absolute Gasteiger partial charge is 0.490 e. The van der Waals surface area contributed by atoms with Gasteiger partial charge in [0.1, 0.15) is 35.4 Å². The highest BCUT2D eigenvalue weighted by Crippen LogP contribution is 2.47. The Balaban J connectivity index is 1.65. The van der Waals surface area contributed by atoms with Gasteiger partial charge in [-0.2, -0.15) is 10.2 Å². The van der Waals surface area contributed by atoms with Crippen molar-refractivity contribution in [3.05, 3.63) is 82.2 Å². The van der Waals surface area contributed by atoms with E-state index in [-0.39, 0.29) is 42.0 Å². The fourth-order valence-corrected chi connectivity index (χ4v) is 6.39. The zero-order chi connectivity index (χ0) is 31.1. The van der Waals surface area contributed by atoms with Gasteiger partial charge in [-0.05, 0) is 30.5 Å². The number of carbonyl (C=O) groups excluding carboxylic acids is 1. The second kappa shape index (κ2) is 11.7. The van der Waals surface area contributed by atoms with Crippen molar-refractivity contribution in [3.63, 3.8) is 0 Å². The molecule has 226 valence electrons. The van der Waals surface area contributed by atoms with E-state index in [1.807, 2.05) is 24.4 Å². The van der Waals surface area contributed by atoms with Gasteiger partial charge in [-0.25, -0.2) is 18.4 Å². The summed E-state index contributed by atoms with van der Waals surface area (Å²) in [6.45, 7) is 6.63. The number of fused-ring (bicyclic) bond motifs is 2. The first-order valence-electron chi connectivity index (χ1n) is 13.8. The zero-order valence-corrected chi connectivity index (χ0v) is 25.0. The van der Waals surface area contributed by atoms with Gasteiger partial charge in [0.25, 0.3) is 5.56 Å². The molecule has 0 fully saturated rings. The molecule has 5 heterocycles. The van der Waals surface area contributed by atoms with Gasteiger partial charge in [-0.1, -0.05) is 6.58 Å². The Morgan fingerprint density at radius 2 is 1.98 bits per heavy atom. The minimum Gasteiger partial charge on any atom is -0.490 e. The summed E-state index contributed by atoms with van der Waals surface area (Å²) in [7, 11) is 3.05. The Kier molecular flexibility index (Phi) is 7.82. The number of ether oxygens (including phenoxy) is 2. The lowest BCUT2D eigenvalue weighted by molar-refractivity contribution is -0.129. The molecule has 1 aliphatic heterocycles. The van der Waals surface area contributed by atoms with E-state index in [0.29, 0.717) is 51.4 Å². The molecule has 1 atom stereocenters. The molecule has 4 aromatic heterocycles. The molecule has 1 aliphatic rings. The maximum atomic E-state index is 15.9. The van der Waals surface area contributed by atoms with Gasteiger partial charge in [0.2, 0.25) is 5.91 Å². The molecule has 10 nitrogen and oxygen atoms in total. The van der Waals surface area contributed by atoms with Gasteiger partial charge in [0, 0.05) is 60.1 Å². The van der Waals surface area contributed by atoms with E-state index in [2.05, 4.69) is 11.7 Å².